The van der Waals surface area contributed by atoms with E-state index in [0.717, 1.165) is 25.7 Å². The highest BCUT2D eigenvalue weighted by molar-refractivity contribution is 6.07. The Hall–Kier alpha value is -4.21. The second-order valence-electron chi connectivity index (χ2n) is 8.02. The number of aliphatic carboxylic acids is 1. The number of carbonyl (C=O) groups is 3. The van der Waals surface area contributed by atoms with Gasteiger partial charge in [0.05, 0.1) is 17.4 Å². The van der Waals surface area contributed by atoms with Gasteiger partial charge in [-0.15, -0.1) is 5.10 Å². The Labute approximate surface area is 201 Å². The number of nitrogens with one attached hydrogen (secondary N) is 2. The molecule has 194 valence electrons. The van der Waals surface area contributed by atoms with Crippen molar-refractivity contribution in [3.63, 3.8) is 0 Å². The highest BCUT2D eigenvalue weighted by Gasteiger charge is 2.38. The maximum atomic E-state index is 12.8. The number of aromatic nitrogens is 5. The fraction of sp³-hybridized carbons (Fsp3) is 0.400. The van der Waals surface area contributed by atoms with Gasteiger partial charge >= 0.3 is 12.1 Å². The minimum Gasteiger partial charge on any atom is -0.475 e. The van der Waals surface area contributed by atoms with Gasteiger partial charge in [0, 0.05) is 25.3 Å². The number of carboxylic acid groups (broad SMARTS) is 1. The minimum absolute atomic E-state index is 0.00928. The van der Waals surface area contributed by atoms with Crippen LogP contribution in [0.25, 0.3) is 5.52 Å². The van der Waals surface area contributed by atoms with Crippen molar-refractivity contribution >= 4 is 34.9 Å². The molecule has 0 saturated heterocycles. The molecule has 1 saturated carbocycles. The van der Waals surface area contributed by atoms with Crippen molar-refractivity contribution in [3.8, 4) is 0 Å². The Morgan fingerprint density at radius 3 is 2.44 bits per heavy atom. The lowest BCUT2D eigenvalue weighted by molar-refractivity contribution is -0.192. The summed E-state index contributed by atoms with van der Waals surface area (Å²) in [5, 5.41) is 21.5. The number of hydrogen-bond donors (Lipinski definition) is 5. The normalized spacial score (nSPS) is 17.7. The lowest BCUT2D eigenvalue weighted by atomic mass is 9.91. The summed E-state index contributed by atoms with van der Waals surface area (Å²) in [4.78, 5) is 37.6. The molecule has 3 aromatic heterocycles. The second-order valence-corrected chi connectivity index (χ2v) is 8.02. The van der Waals surface area contributed by atoms with Crippen molar-refractivity contribution in [3.05, 3.63) is 35.9 Å². The first-order chi connectivity index (χ1) is 16.9. The van der Waals surface area contributed by atoms with E-state index >= 15 is 0 Å². The second kappa shape index (κ2) is 10.6. The zero-order valence-corrected chi connectivity index (χ0v) is 19.0. The van der Waals surface area contributed by atoms with Crippen LogP contribution < -0.4 is 22.1 Å². The van der Waals surface area contributed by atoms with Crippen molar-refractivity contribution in [2.24, 2.45) is 18.5 Å². The third-order valence-corrected chi connectivity index (χ3v) is 5.32. The molecule has 1 aliphatic carbocycles. The first-order valence-electron chi connectivity index (χ1n) is 10.7. The fourth-order valence-corrected chi connectivity index (χ4v) is 3.59. The molecule has 0 aliphatic heterocycles. The lowest BCUT2D eigenvalue weighted by Crippen LogP contribution is -2.43. The number of halogens is 3. The molecule has 4 rings (SSSR count). The molecule has 2 atom stereocenters. The van der Waals surface area contributed by atoms with Crippen LogP contribution in [-0.4, -0.2) is 65.5 Å². The van der Waals surface area contributed by atoms with E-state index in [1.54, 1.807) is 25.4 Å². The topological polar surface area (TPSA) is 196 Å². The predicted octanol–water partition coefficient (Wildman–Crippen LogP) is 1.13. The zero-order valence-electron chi connectivity index (χ0n) is 19.0. The minimum atomic E-state index is -5.08. The van der Waals surface area contributed by atoms with Crippen molar-refractivity contribution in [2.75, 3.05) is 10.6 Å². The smallest absolute Gasteiger partial charge is 0.475 e. The van der Waals surface area contributed by atoms with Gasteiger partial charge in [-0.25, -0.2) is 14.3 Å². The van der Waals surface area contributed by atoms with Crippen molar-refractivity contribution in [2.45, 2.75) is 43.9 Å². The summed E-state index contributed by atoms with van der Waals surface area (Å²) in [5.41, 5.74) is 12.7. The Kier molecular flexibility index (Phi) is 7.77. The van der Waals surface area contributed by atoms with Crippen LogP contribution in [-0.2, 0) is 11.8 Å². The molecule has 1 fully saturated rings. The summed E-state index contributed by atoms with van der Waals surface area (Å²) in [7, 11) is 1.63. The van der Waals surface area contributed by atoms with Crippen LogP contribution in [0.5, 0.6) is 0 Å². The van der Waals surface area contributed by atoms with Crippen LogP contribution in [0, 0.1) is 0 Å². The van der Waals surface area contributed by atoms with Crippen LogP contribution in [0.3, 0.4) is 0 Å². The van der Waals surface area contributed by atoms with Crippen molar-refractivity contribution in [1.82, 2.24) is 24.4 Å². The summed E-state index contributed by atoms with van der Waals surface area (Å²) in [6, 6.07) is 3.52. The van der Waals surface area contributed by atoms with E-state index in [4.69, 9.17) is 21.4 Å². The van der Waals surface area contributed by atoms with Crippen LogP contribution >= 0.6 is 0 Å². The molecule has 3 heterocycles. The molecule has 2 amide bonds. The molecule has 16 heteroatoms. The highest BCUT2D eigenvalue weighted by Crippen LogP contribution is 2.20. The lowest BCUT2D eigenvalue weighted by Gasteiger charge is -2.29. The maximum absolute atomic E-state index is 12.8. The monoisotopic (exact) mass is 511 g/mol. The quantitative estimate of drug-likeness (QED) is 0.333. The van der Waals surface area contributed by atoms with Crippen LogP contribution in [0.15, 0.2) is 24.5 Å². The first kappa shape index (κ1) is 26.4. The number of nitrogens with two attached hydrogens (primary N) is 2. The van der Waals surface area contributed by atoms with Gasteiger partial charge in [-0.3, -0.25) is 14.3 Å². The Bertz CT molecular complexity index is 1270. The summed E-state index contributed by atoms with van der Waals surface area (Å²) in [5.74, 6) is -3.52. The number of amides is 2. The van der Waals surface area contributed by atoms with Crippen LogP contribution in [0.1, 0.15) is 46.7 Å². The molecule has 0 radical (unpaired) electrons. The van der Waals surface area contributed by atoms with Crippen molar-refractivity contribution in [1.29, 1.82) is 0 Å². The van der Waals surface area contributed by atoms with Gasteiger partial charge in [-0.2, -0.15) is 18.3 Å². The Morgan fingerprint density at radius 2 is 1.83 bits per heavy atom. The van der Waals surface area contributed by atoms with Crippen LogP contribution in [0.4, 0.5) is 24.8 Å². The molecular formula is C20H24F3N9O4. The number of nitrogens with zero attached hydrogens (tertiary/aromatic N) is 5. The number of anilines is 2. The zero-order chi connectivity index (χ0) is 26.6. The molecule has 36 heavy (non-hydrogen) atoms. The highest BCUT2D eigenvalue weighted by atomic mass is 19.4. The van der Waals surface area contributed by atoms with E-state index < -0.39 is 24.0 Å². The van der Waals surface area contributed by atoms with E-state index in [2.05, 4.69) is 25.8 Å². The SMILES string of the molecule is Cn1cc(NC(=O)c2ccc3cnc(NC4CCCCC4N)nn23)c(C(N)=O)n1.O=C(O)C(F)(F)F. The number of primary amides is 1. The molecule has 0 bridgehead atoms. The van der Waals surface area contributed by atoms with Gasteiger partial charge in [-0.1, -0.05) is 12.8 Å². The van der Waals surface area contributed by atoms with Gasteiger partial charge in [0.1, 0.15) is 5.69 Å². The van der Waals surface area contributed by atoms with Crippen LogP contribution in [0.2, 0.25) is 0 Å². The summed E-state index contributed by atoms with van der Waals surface area (Å²) < 4.78 is 34.6. The largest absolute Gasteiger partial charge is 0.490 e. The molecule has 13 nitrogen and oxygen atoms in total. The number of aryl methyl sites for hydroxylation is 1. The predicted molar refractivity (Wildman–Crippen MR) is 120 cm³/mol. The maximum Gasteiger partial charge on any atom is 0.490 e. The average Bonchev–Trinajstić information content (AvgIpc) is 3.38. The molecular weight excluding hydrogens is 487 g/mol. The van der Waals surface area contributed by atoms with E-state index in [0.29, 0.717) is 11.5 Å². The molecule has 2 unspecified atom stereocenters. The molecule has 7 N–H and O–H groups in total. The third-order valence-electron chi connectivity index (χ3n) is 5.32. The molecule has 0 aromatic carbocycles. The van der Waals surface area contributed by atoms with E-state index in [1.807, 2.05) is 0 Å². The van der Waals surface area contributed by atoms with E-state index in [1.165, 1.54) is 15.4 Å². The van der Waals surface area contributed by atoms with Gasteiger partial charge < -0.3 is 27.2 Å². The number of alkyl halides is 3. The van der Waals surface area contributed by atoms with Gasteiger partial charge in [0.2, 0.25) is 5.95 Å². The molecule has 1 aliphatic rings. The summed E-state index contributed by atoms with van der Waals surface area (Å²) in [6.45, 7) is 0. The number of rotatable bonds is 5. The number of hydrogen-bond acceptors (Lipinski definition) is 8. The number of carbonyl (C=O) groups excluding carboxylic acids is 2. The Morgan fingerprint density at radius 1 is 1.17 bits per heavy atom. The summed E-state index contributed by atoms with van der Waals surface area (Å²) >= 11 is 0. The fourth-order valence-electron chi connectivity index (χ4n) is 3.59. The number of carboxylic acids is 1. The van der Waals surface area contributed by atoms with Gasteiger partial charge in [-0.05, 0) is 25.0 Å². The third kappa shape index (κ3) is 6.26. The van der Waals surface area contributed by atoms with E-state index in [9.17, 15) is 22.8 Å². The Balaban J connectivity index is 0.000000454. The van der Waals surface area contributed by atoms with E-state index in [-0.39, 0.29) is 29.2 Å². The first-order valence-corrected chi connectivity index (χ1v) is 10.7. The standard InChI is InChI=1S/C18H23N9O2.C2HF3O2/c1-26-9-13(15(24-26)16(20)28)22-17(29)14-7-6-10-8-21-18(25-27(10)14)23-12-5-3-2-4-11(12)19;3-2(4,5)1(6)7/h6-9,11-12H,2-5,19H2,1H3,(H2,20,28)(H,22,29)(H,23,25);(H,6,7). The van der Waals surface area contributed by atoms with Gasteiger partial charge in [0.25, 0.3) is 11.8 Å². The molecule has 0 spiro atoms. The average molecular weight is 511 g/mol. The molecule has 3 aromatic rings. The van der Waals surface area contributed by atoms with Crippen molar-refractivity contribution < 1.29 is 32.7 Å². The number of fused-ring (bicyclic) bond motifs is 1. The van der Waals surface area contributed by atoms with Gasteiger partial charge in [0.15, 0.2) is 5.69 Å². The summed E-state index contributed by atoms with van der Waals surface area (Å²) in [6.07, 6.45) is 2.23.